The van der Waals surface area contributed by atoms with E-state index in [1.807, 2.05) is 13.8 Å². The molecule has 0 spiro atoms. The minimum absolute atomic E-state index is 0.244. The van der Waals surface area contributed by atoms with Crippen molar-refractivity contribution in [2.75, 3.05) is 0 Å². The van der Waals surface area contributed by atoms with Crippen LogP contribution in [-0.4, -0.2) is 11.0 Å². The van der Waals surface area contributed by atoms with Crippen LogP contribution in [0.1, 0.15) is 24.5 Å². The Bertz CT molecular complexity index is 293. The molecule has 1 rings (SSSR count). The lowest BCUT2D eigenvalue weighted by molar-refractivity contribution is -0.140. The molecule has 0 saturated carbocycles. The number of rotatable bonds is 3. The summed E-state index contributed by atoms with van der Waals surface area (Å²) in [7, 11) is 0. The Balaban J connectivity index is 2.60. The van der Waals surface area contributed by atoms with Crippen LogP contribution in [0.4, 0.5) is 13.2 Å². The highest BCUT2D eigenvalue weighted by Crippen LogP contribution is 2.29. The van der Waals surface area contributed by atoms with E-state index in [4.69, 9.17) is 0 Å². The number of thiazole rings is 1. The molecule has 0 aromatic carbocycles. The highest BCUT2D eigenvalue weighted by atomic mass is 32.1. The lowest BCUT2D eigenvalue weighted by Crippen LogP contribution is -2.21. The molecule has 0 amide bonds. The van der Waals surface area contributed by atoms with Gasteiger partial charge in [0.05, 0.1) is 0 Å². The van der Waals surface area contributed by atoms with Gasteiger partial charge in [0.15, 0.2) is 5.69 Å². The maximum Gasteiger partial charge on any atom is 0.434 e. The summed E-state index contributed by atoms with van der Waals surface area (Å²) < 4.78 is 36.4. The molecule has 2 nitrogen and oxygen atoms in total. The van der Waals surface area contributed by atoms with E-state index in [1.54, 1.807) is 0 Å². The molecule has 0 atom stereocenters. The largest absolute Gasteiger partial charge is 0.434 e. The topological polar surface area (TPSA) is 24.9 Å². The Morgan fingerprint density at radius 3 is 2.57 bits per heavy atom. The molecule has 14 heavy (non-hydrogen) atoms. The molecular weight excluding hydrogens is 213 g/mol. The predicted octanol–water partition coefficient (Wildman–Crippen LogP) is 2.66. The molecule has 0 aliphatic carbocycles. The van der Waals surface area contributed by atoms with Crippen molar-refractivity contribution in [1.82, 2.24) is 10.3 Å². The van der Waals surface area contributed by atoms with Crippen LogP contribution in [0.25, 0.3) is 0 Å². The second-order valence-corrected chi connectivity index (χ2v) is 4.10. The van der Waals surface area contributed by atoms with Crippen molar-refractivity contribution in [2.24, 2.45) is 0 Å². The van der Waals surface area contributed by atoms with E-state index in [1.165, 1.54) is 0 Å². The Kier molecular flexibility index (Phi) is 3.49. The fourth-order valence-electron chi connectivity index (χ4n) is 0.814. The highest BCUT2D eigenvalue weighted by Gasteiger charge is 2.33. The quantitative estimate of drug-likeness (QED) is 0.853. The molecule has 0 aliphatic rings. The molecule has 1 heterocycles. The highest BCUT2D eigenvalue weighted by molar-refractivity contribution is 7.09. The number of hydrogen-bond donors (Lipinski definition) is 1. The first-order chi connectivity index (χ1) is 6.39. The van der Waals surface area contributed by atoms with Crippen LogP contribution in [0.2, 0.25) is 0 Å². The molecule has 0 fully saturated rings. The SMILES string of the molecule is CC(C)NCc1nc(C(F)(F)F)cs1. The van der Waals surface area contributed by atoms with Crippen LogP contribution in [0, 0.1) is 0 Å². The first kappa shape index (κ1) is 11.5. The number of nitrogens with one attached hydrogen (secondary N) is 1. The van der Waals surface area contributed by atoms with Crippen LogP contribution < -0.4 is 5.32 Å². The third kappa shape index (κ3) is 3.26. The van der Waals surface area contributed by atoms with Gasteiger partial charge in [-0.15, -0.1) is 11.3 Å². The predicted molar refractivity (Wildman–Crippen MR) is 49.1 cm³/mol. The van der Waals surface area contributed by atoms with E-state index in [0.717, 1.165) is 16.7 Å². The smallest absolute Gasteiger partial charge is 0.308 e. The zero-order valence-corrected chi connectivity index (χ0v) is 8.67. The lowest BCUT2D eigenvalue weighted by atomic mass is 10.4. The van der Waals surface area contributed by atoms with Gasteiger partial charge in [0.2, 0.25) is 0 Å². The molecule has 1 aromatic heterocycles. The minimum atomic E-state index is -4.33. The second-order valence-electron chi connectivity index (χ2n) is 3.16. The van der Waals surface area contributed by atoms with Gasteiger partial charge in [-0.1, -0.05) is 13.8 Å². The van der Waals surface area contributed by atoms with Gasteiger partial charge in [-0.25, -0.2) is 4.98 Å². The summed E-state index contributed by atoms with van der Waals surface area (Å²) in [5, 5.41) is 4.51. The third-order valence-corrected chi connectivity index (χ3v) is 2.35. The van der Waals surface area contributed by atoms with Gasteiger partial charge in [-0.3, -0.25) is 0 Å². The maximum atomic E-state index is 12.1. The molecule has 0 bridgehead atoms. The van der Waals surface area contributed by atoms with Gasteiger partial charge in [-0.2, -0.15) is 13.2 Å². The minimum Gasteiger partial charge on any atom is -0.308 e. The van der Waals surface area contributed by atoms with Gasteiger partial charge in [0.1, 0.15) is 5.01 Å². The average molecular weight is 224 g/mol. The van der Waals surface area contributed by atoms with Gasteiger partial charge >= 0.3 is 6.18 Å². The first-order valence-electron chi connectivity index (χ1n) is 4.14. The maximum absolute atomic E-state index is 12.1. The third-order valence-electron chi connectivity index (χ3n) is 1.50. The summed E-state index contributed by atoms with van der Waals surface area (Å²) >= 11 is 1.02. The summed E-state index contributed by atoms with van der Waals surface area (Å²) in [6, 6.07) is 0.244. The molecule has 1 aromatic rings. The molecule has 0 radical (unpaired) electrons. The zero-order chi connectivity index (χ0) is 10.8. The van der Waals surface area contributed by atoms with Crippen molar-refractivity contribution in [3.63, 3.8) is 0 Å². The van der Waals surface area contributed by atoms with Gasteiger partial charge in [0, 0.05) is 18.0 Å². The van der Waals surface area contributed by atoms with Crippen molar-refractivity contribution < 1.29 is 13.2 Å². The van der Waals surface area contributed by atoms with Crippen LogP contribution in [0.15, 0.2) is 5.38 Å². The van der Waals surface area contributed by atoms with E-state index < -0.39 is 11.9 Å². The van der Waals surface area contributed by atoms with Crippen LogP contribution in [0.3, 0.4) is 0 Å². The first-order valence-corrected chi connectivity index (χ1v) is 5.02. The van der Waals surface area contributed by atoms with Crippen molar-refractivity contribution >= 4 is 11.3 Å². The zero-order valence-electron chi connectivity index (χ0n) is 7.85. The number of hydrogen-bond acceptors (Lipinski definition) is 3. The number of halogens is 3. The van der Waals surface area contributed by atoms with Crippen molar-refractivity contribution in [2.45, 2.75) is 32.6 Å². The standard InChI is InChI=1S/C8H11F3N2S/c1-5(2)12-3-7-13-6(4-14-7)8(9,10)11/h4-5,12H,3H2,1-2H3. The Hall–Kier alpha value is -0.620. The Labute approximate surface area is 84.2 Å². The molecular formula is C8H11F3N2S. The average Bonchev–Trinajstić information content (AvgIpc) is 2.47. The van der Waals surface area contributed by atoms with Gasteiger partial charge in [-0.05, 0) is 0 Å². The van der Waals surface area contributed by atoms with Crippen molar-refractivity contribution in [3.8, 4) is 0 Å². The summed E-state index contributed by atoms with van der Waals surface area (Å²) in [5.74, 6) is 0. The van der Waals surface area contributed by atoms with E-state index in [0.29, 0.717) is 11.6 Å². The molecule has 80 valence electrons. The number of alkyl halides is 3. The van der Waals surface area contributed by atoms with Crippen LogP contribution >= 0.6 is 11.3 Å². The number of nitrogens with zero attached hydrogens (tertiary/aromatic N) is 1. The number of aromatic nitrogens is 1. The molecule has 1 N–H and O–H groups in total. The fourth-order valence-corrected chi connectivity index (χ4v) is 1.57. The second kappa shape index (κ2) is 4.27. The van der Waals surface area contributed by atoms with Crippen LogP contribution in [0.5, 0.6) is 0 Å². The monoisotopic (exact) mass is 224 g/mol. The molecule has 6 heteroatoms. The molecule has 0 aliphatic heterocycles. The van der Waals surface area contributed by atoms with E-state index in [-0.39, 0.29) is 6.04 Å². The van der Waals surface area contributed by atoms with Crippen LogP contribution in [-0.2, 0) is 12.7 Å². The van der Waals surface area contributed by atoms with E-state index >= 15 is 0 Å². The van der Waals surface area contributed by atoms with E-state index in [2.05, 4.69) is 10.3 Å². The summed E-state index contributed by atoms with van der Waals surface area (Å²) in [5.41, 5.74) is -0.803. The van der Waals surface area contributed by atoms with Crippen molar-refractivity contribution in [1.29, 1.82) is 0 Å². The molecule has 0 unspecified atom stereocenters. The van der Waals surface area contributed by atoms with Crippen molar-refractivity contribution in [3.05, 3.63) is 16.1 Å². The fraction of sp³-hybridized carbons (Fsp3) is 0.625. The summed E-state index contributed by atoms with van der Waals surface area (Å²) in [4.78, 5) is 3.48. The van der Waals surface area contributed by atoms with Gasteiger partial charge < -0.3 is 5.32 Å². The van der Waals surface area contributed by atoms with E-state index in [9.17, 15) is 13.2 Å². The normalized spacial score (nSPS) is 12.4. The molecule has 0 saturated heterocycles. The lowest BCUT2D eigenvalue weighted by Gasteiger charge is -2.04. The summed E-state index contributed by atoms with van der Waals surface area (Å²) in [6.45, 7) is 4.25. The summed E-state index contributed by atoms with van der Waals surface area (Å²) in [6.07, 6.45) is -4.33. The Morgan fingerprint density at radius 1 is 1.50 bits per heavy atom. The Morgan fingerprint density at radius 2 is 2.14 bits per heavy atom. The van der Waals surface area contributed by atoms with Gasteiger partial charge in [0.25, 0.3) is 0 Å².